The smallest absolute Gasteiger partial charge is 0.168 e. The normalized spacial score (nSPS) is 29.9. The molecule has 0 spiro atoms. The number of halogens is 1. The Morgan fingerprint density at radius 2 is 2.11 bits per heavy atom. The van der Waals surface area contributed by atoms with Gasteiger partial charge in [0.05, 0.1) is 7.11 Å². The van der Waals surface area contributed by atoms with Gasteiger partial charge >= 0.3 is 0 Å². The zero-order valence-electron chi connectivity index (χ0n) is 11.2. The molecule has 3 atom stereocenters. The first-order valence-corrected chi connectivity index (χ1v) is 7.00. The Morgan fingerprint density at radius 3 is 2.74 bits per heavy atom. The first-order chi connectivity index (χ1) is 9.22. The maximum atomic E-state index is 14.1. The quantitative estimate of drug-likeness (QED) is 0.633. The summed E-state index contributed by atoms with van der Waals surface area (Å²) in [5.74, 6) is 8.14. The Bertz CT molecular complexity index is 455. The van der Waals surface area contributed by atoms with E-state index < -0.39 is 0 Å². The largest absolute Gasteiger partial charge is 0.494 e. The predicted molar refractivity (Wildman–Crippen MR) is 72.1 cm³/mol. The fourth-order valence-electron chi connectivity index (χ4n) is 3.56. The molecule has 3 N–H and O–H groups in total. The molecule has 0 saturated heterocycles. The highest BCUT2D eigenvalue weighted by Crippen LogP contribution is 2.55. The Balaban J connectivity index is 1.71. The molecule has 19 heavy (non-hydrogen) atoms. The lowest BCUT2D eigenvalue weighted by atomic mass is 9.90. The third-order valence-corrected chi connectivity index (χ3v) is 4.77. The van der Waals surface area contributed by atoms with Gasteiger partial charge in [0.2, 0.25) is 0 Å². The number of nitrogens with one attached hydrogen (secondary N) is 1. The van der Waals surface area contributed by atoms with Crippen molar-refractivity contribution in [3.63, 3.8) is 0 Å². The molecule has 4 heteroatoms. The molecule has 2 fully saturated rings. The van der Waals surface area contributed by atoms with E-state index in [0.717, 1.165) is 11.8 Å². The first-order valence-electron chi connectivity index (χ1n) is 7.00. The molecule has 0 heterocycles. The summed E-state index contributed by atoms with van der Waals surface area (Å²) in [4.78, 5) is 0. The molecule has 3 nitrogen and oxygen atoms in total. The average Bonchev–Trinajstić information content (AvgIpc) is 3.04. The molecule has 1 aromatic rings. The number of nitrogens with two attached hydrogens (primary N) is 1. The summed E-state index contributed by atoms with van der Waals surface area (Å²) in [6.07, 6.45) is 4.50. The molecular weight excluding hydrogens is 243 g/mol. The van der Waals surface area contributed by atoms with Crippen molar-refractivity contribution >= 4 is 0 Å². The molecular formula is C15H21FN2O. The van der Waals surface area contributed by atoms with Crippen LogP contribution < -0.4 is 16.0 Å². The molecule has 104 valence electrons. The molecule has 2 saturated carbocycles. The number of hydrogen-bond acceptors (Lipinski definition) is 3. The summed E-state index contributed by atoms with van der Waals surface area (Å²) < 4.78 is 19.2. The van der Waals surface area contributed by atoms with Crippen molar-refractivity contribution in [3.8, 4) is 5.75 Å². The van der Waals surface area contributed by atoms with E-state index >= 15 is 0 Å². The van der Waals surface area contributed by atoms with Crippen LogP contribution in [0.2, 0.25) is 0 Å². The van der Waals surface area contributed by atoms with E-state index in [0.29, 0.717) is 23.7 Å². The van der Waals surface area contributed by atoms with E-state index in [4.69, 9.17) is 10.6 Å². The van der Waals surface area contributed by atoms with E-state index in [2.05, 4.69) is 5.43 Å². The lowest BCUT2D eigenvalue weighted by Gasteiger charge is -2.24. The number of methoxy groups -OCH3 is 1. The molecule has 0 radical (unpaired) electrons. The molecule has 3 rings (SSSR count). The summed E-state index contributed by atoms with van der Waals surface area (Å²) in [6, 6.07) is 5.46. The van der Waals surface area contributed by atoms with Crippen LogP contribution in [0.5, 0.6) is 5.75 Å². The minimum Gasteiger partial charge on any atom is -0.494 e. The maximum absolute atomic E-state index is 14.1. The molecule has 0 aromatic heterocycles. The van der Waals surface area contributed by atoms with Crippen LogP contribution in [-0.4, -0.2) is 13.2 Å². The molecule has 0 aliphatic heterocycles. The zero-order chi connectivity index (χ0) is 13.4. The van der Waals surface area contributed by atoms with Crippen LogP contribution >= 0.6 is 0 Å². The SMILES string of the molecule is COc1cccc(CC(NN)C2CC3CC3C2)c1F. The summed E-state index contributed by atoms with van der Waals surface area (Å²) in [5.41, 5.74) is 3.57. The molecule has 0 amide bonds. The molecule has 2 aliphatic rings. The number of benzene rings is 1. The number of ether oxygens (including phenoxy) is 1. The van der Waals surface area contributed by atoms with Gasteiger partial charge < -0.3 is 4.74 Å². The molecule has 1 aromatic carbocycles. The highest BCUT2D eigenvalue weighted by Gasteiger charge is 2.47. The fraction of sp³-hybridized carbons (Fsp3) is 0.600. The third-order valence-electron chi connectivity index (χ3n) is 4.77. The Kier molecular flexibility index (Phi) is 3.46. The van der Waals surface area contributed by atoms with Crippen LogP contribution in [0.25, 0.3) is 0 Å². The minimum atomic E-state index is -0.256. The van der Waals surface area contributed by atoms with Gasteiger partial charge in [-0.25, -0.2) is 4.39 Å². The Hall–Kier alpha value is -1.13. The van der Waals surface area contributed by atoms with Gasteiger partial charge in [0.25, 0.3) is 0 Å². The van der Waals surface area contributed by atoms with Gasteiger partial charge in [-0.1, -0.05) is 12.1 Å². The van der Waals surface area contributed by atoms with Gasteiger partial charge in [0, 0.05) is 6.04 Å². The number of hydrogen-bond donors (Lipinski definition) is 2. The van der Waals surface area contributed by atoms with Gasteiger partial charge in [-0.05, 0) is 55.1 Å². The van der Waals surface area contributed by atoms with Gasteiger partial charge in [-0.3, -0.25) is 11.3 Å². The van der Waals surface area contributed by atoms with Crippen LogP contribution in [0.4, 0.5) is 4.39 Å². The Labute approximate surface area is 113 Å². The van der Waals surface area contributed by atoms with Crippen LogP contribution in [0.1, 0.15) is 24.8 Å². The summed E-state index contributed by atoms with van der Waals surface area (Å²) in [7, 11) is 1.49. The van der Waals surface area contributed by atoms with Crippen LogP contribution in [-0.2, 0) is 6.42 Å². The van der Waals surface area contributed by atoms with Crippen molar-refractivity contribution in [2.75, 3.05) is 7.11 Å². The Morgan fingerprint density at radius 1 is 1.37 bits per heavy atom. The first kappa shape index (κ1) is 12.9. The highest BCUT2D eigenvalue weighted by atomic mass is 19.1. The topological polar surface area (TPSA) is 47.3 Å². The monoisotopic (exact) mass is 264 g/mol. The number of fused-ring (bicyclic) bond motifs is 1. The second-order valence-electron chi connectivity index (χ2n) is 5.90. The van der Waals surface area contributed by atoms with Crippen molar-refractivity contribution in [1.29, 1.82) is 0 Å². The maximum Gasteiger partial charge on any atom is 0.168 e. The predicted octanol–water partition coefficient (Wildman–Crippen LogP) is 2.25. The van der Waals surface area contributed by atoms with E-state index in [1.165, 1.54) is 26.4 Å². The van der Waals surface area contributed by atoms with Crippen molar-refractivity contribution in [1.82, 2.24) is 5.43 Å². The molecule has 2 aliphatic carbocycles. The molecule has 3 unspecified atom stereocenters. The second-order valence-corrected chi connectivity index (χ2v) is 5.90. The summed E-state index contributed by atoms with van der Waals surface area (Å²) >= 11 is 0. The standard InChI is InChI=1S/C15H21FN2O/c1-19-14-4-2-3-9(15(14)16)8-13(18-17)12-6-10-5-11(10)7-12/h2-4,10-13,18H,5-8,17H2,1H3. The van der Waals surface area contributed by atoms with Crippen LogP contribution in [0.3, 0.4) is 0 Å². The summed E-state index contributed by atoms with van der Waals surface area (Å²) in [6.45, 7) is 0. The van der Waals surface area contributed by atoms with E-state index in [9.17, 15) is 4.39 Å². The lowest BCUT2D eigenvalue weighted by Crippen LogP contribution is -2.42. The lowest BCUT2D eigenvalue weighted by molar-refractivity contribution is 0.330. The van der Waals surface area contributed by atoms with Gasteiger partial charge in [-0.15, -0.1) is 0 Å². The van der Waals surface area contributed by atoms with Crippen LogP contribution in [0.15, 0.2) is 18.2 Å². The van der Waals surface area contributed by atoms with E-state index in [1.807, 2.05) is 12.1 Å². The zero-order valence-corrected chi connectivity index (χ0v) is 11.2. The van der Waals surface area contributed by atoms with Crippen molar-refractivity contribution in [3.05, 3.63) is 29.6 Å². The van der Waals surface area contributed by atoms with E-state index in [-0.39, 0.29) is 11.9 Å². The van der Waals surface area contributed by atoms with Crippen molar-refractivity contribution < 1.29 is 9.13 Å². The second kappa shape index (κ2) is 5.10. The number of rotatable bonds is 5. The highest BCUT2D eigenvalue weighted by molar-refractivity contribution is 5.31. The fourth-order valence-corrected chi connectivity index (χ4v) is 3.56. The van der Waals surface area contributed by atoms with Crippen molar-refractivity contribution in [2.45, 2.75) is 31.7 Å². The van der Waals surface area contributed by atoms with Gasteiger partial charge in [-0.2, -0.15) is 0 Å². The average molecular weight is 264 g/mol. The van der Waals surface area contributed by atoms with E-state index in [1.54, 1.807) is 6.07 Å². The number of hydrazine groups is 1. The van der Waals surface area contributed by atoms with Crippen molar-refractivity contribution in [2.24, 2.45) is 23.6 Å². The van der Waals surface area contributed by atoms with Gasteiger partial charge in [0.15, 0.2) is 11.6 Å². The minimum absolute atomic E-state index is 0.161. The third kappa shape index (κ3) is 2.47. The van der Waals surface area contributed by atoms with Crippen LogP contribution in [0, 0.1) is 23.6 Å². The summed E-state index contributed by atoms with van der Waals surface area (Å²) in [5, 5.41) is 0. The molecule has 0 bridgehead atoms. The van der Waals surface area contributed by atoms with Gasteiger partial charge in [0.1, 0.15) is 0 Å².